The fourth-order valence-corrected chi connectivity index (χ4v) is 3.16. The highest BCUT2D eigenvalue weighted by molar-refractivity contribution is 4.89. The zero-order valence-corrected chi connectivity index (χ0v) is 7.14. The van der Waals surface area contributed by atoms with Gasteiger partial charge in [-0.25, -0.2) is 0 Å². The van der Waals surface area contributed by atoms with E-state index in [0.29, 0.717) is 0 Å². The molecule has 0 aromatic heterocycles. The summed E-state index contributed by atoms with van der Waals surface area (Å²) in [4.78, 5) is 0. The number of fused-ring (bicyclic) bond motifs is 1. The Morgan fingerprint density at radius 2 is 1.73 bits per heavy atom. The van der Waals surface area contributed by atoms with Crippen LogP contribution in [0.1, 0.15) is 47.0 Å². The van der Waals surface area contributed by atoms with Gasteiger partial charge >= 0.3 is 0 Å². The molecule has 2 rings (SSSR count). The fourth-order valence-electron chi connectivity index (χ4n) is 3.16. The van der Waals surface area contributed by atoms with Gasteiger partial charge in [0.1, 0.15) is 0 Å². The summed E-state index contributed by atoms with van der Waals surface area (Å²) in [5.74, 6) is 4.34. The Balaban J connectivity index is 0.000000605. The highest BCUT2D eigenvalue weighted by atomic mass is 14.4. The Labute approximate surface area is 71.4 Å². The molecule has 4 unspecified atom stereocenters. The Kier molecular flexibility index (Phi) is 2.61. The summed E-state index contributed by atoms with van der Waals surface area (Å²) < 4.78 is 0. The standard InChI is InChI=1S/C10H18.CH4/c1-7-5-9-4-3-8(2)10(9)6-7;/h7-10H,3-6H2,1-2H3;1H4. The van der Waals surface area contributed by atoms with Gasteiger partial charge in [0.05, 0.1) is 0 Å². The molecule has 2 aliphatic carbocycles. The number of rotatable bonds is 0. The van der Waals surface area contributed by atoms with Crippen LogP contribution in [0.2, 0.25) is 0 Å². The average Bonchev–Trinajstić information content (AvgIpc) is 2.35. The van der Waals surface area contributed by atoms with Crippen molar-refractivity contribution in [3.63, 3.8) is 0 Å². The molecule has 0 amide bonds. The van der Waals surface area contributed by atoms with Crippen molar-refractivity contribution in [2.45, 2.75) is 47.0 Å². The molecule has 0 aromatic carbocycles. The lowest BCUT2D eigenvalue weighted by Crippen LogP contribution is -2.04. The summed E-state index contributed by atoms with van der Waals surface area (Å²) in [6.07, 6.45) is 6.12. The number of hydrogen-bond acceptors (Lipinski definition) is 0. The maximum absolute atomic E-state index is 2.45. The summed E-state index contributed by atoms with van der Waals surface area (Å²) in [6, 6.07) is 0. The van der Waals surface area contributed by atoms with Crippen LogP contribution in [-0.2, 0) is 0 Å². The molecular weight excluding hydrogens is 132 g/mol. The SMILES string of the molecule is C.CC1CC2CCC(C)C2C1. The first-order valence-corrected chi connectivity index (χ1v) is 4.77. The smallest absolute Gasteiger partial charge is 0.0357 e. The van der Waals surface area contributed by atoms with Crippen LogP contribution < -0.4 is 0 Å². The van der Waals surface area contributed by atoms with Gasteiger partial charge in [0, 0.05) is 0 Å². The van der Waals surface area contributed by atoms with E-state index >= 15 is 0 Å². The molecule has 0 aliphatic heterocycles. The monoisotopic (exact) mass is 154 g/mol. The summed E-state index contributed by atoms with van der Waals surface area (Å²) in [5, 5.41) is 0. The summed E-state index contributed by atoms with van der Waals surface area (Å²) in [7, 11) is 0. The van der Waals surface area contributed by atoms with Crippen molar-refractivity contribution >= 4 is 0 Å². The molecule has 0 saturated heterocycles. The molecule has 0 nitrogen and oxygen atoms in total. The first kappa shape index (κ1) is 9.09. The minimum Gasteiger partial charge on any atom is -0.0776 e. The van der Waals surface area contributed by atoms with E-state index in [4.69, 9.17) is 0 Å². The van der Waals surface area contributed by atoms with E-state index < -0.39 is 0 Å². The topological polar surface area (TPSA) is 0 Å². The third-order valence-corrected chi connectivity index (χ3v) is 3.71. The van der Waals surface area contributed by atoms with Gasteiger partial charge in [0.15, 0.2) is 0 Å². The van der Waals surface area contributed by atoms with Gasteiger partial charge in [-0.3, -0.25) is 0 Å². The van der Waals surface area contributed by atoms with Crippen LogP contribution >= 0.6 is 0 Å². The van der Waals surface area contributed by atoms with E-state index in [0.717, 1.165) is 23.7 Å². The van der Waals surface area contributed by atoms with Crippen molar-refractivity contribution in [3.05, 3.63) is 0 Å². The first-order valence-electron chi connectivity index (χ1n) is 4.77. The van der Waals surface area contributed by atoms with Gasteiger partial charge in [-0.1, -0.05) is 27.7 Å². The van der Waals surface area contributed by atoms with Crippen molar-refractivity contribution in [2.24, 2.45) is 23.7 Å². The predicted octanol–water partition coefficient (Wildman–Crippen LogP) is 3.71. The van der Waals surface area contributed by atoms with Gasteiger partial charge in [-0.05, 0) is 42.9 Å². The van der Waals surface area contributed by atoms with E-state index in [1.807, 2.05) is 0 Å². The summed E-state index contributed by atoms with van der Waals surface area (Å²) >= 11 is 0. The Morgan fingerprint density at radius 3 is 2.36 bits per heavy atom. The van der Waals surface area contributed by atoms with Gasteiger partial charge < -0.3 is 0 Å². The second-order valence-corrected chi connectivity index (χ2v) is 4.56. The molecule has 0 aromatic rings. The largest absolute Gasteiger partial charge is 0.0776 e. The van der Waals surface area contributed by atoms with Crippen molar-refractivity contribution in [3.8, 4) is 0 Å². The van der Waals surface area contributed by atoms with Gasteiger partial charge in [-0.15, -0.1) is 0 Å². The third-order valence-electron chi connectivity index (χ3n) is 3.71. The molecule has 0 heteroatoms. The second kappa shape index (κ2) is 3.16. The zero-order valence-electron chi connectivity index (χ0n) is 7.14. The minimum atomic E-state index is 0. The van der Waals surface area contributed by atoms with E-state index in [1.54, 1.807) is 0 Å². The van der Waals surface area contributed by atoms with Crippen LogP contribution in [0.3, 0.4) is 0 Å². The van der Waals surface area contributed by atoms with Crippen LogP contribution in [0.15, 0.2) is 0 Å². The van der Waals surface area contributed by atoms with E-state index in [2.05, 4.69) is 13.8 Å². The van der Waals surface area contributed by atoms with E-state index in [-0.39, 0.29) is 7.43 Å². The maximum atomic E-state index is 2.45. The molecule has 4 atom stereocenters. The first-order chi connectivity index (χ1) is 4.77. The van der Waals surface area contributed by atoms with Crippen molar-refractivity contribution < 1.29 is 0 Å². The molecule has 0 spiro atoms. The lowest BCUT2D eigenvalue weighted by Gasteiger charge is -2.12. The average molecular weight is 154 g/mol. The number of hydrogen-bond donors (Lipinski definition) is 0. The summed E-state index contributed by atoms with van der Waals surface area (Å²) in [6.45, 7) is 4.87. The Bertz CT molecular complexity index is 128. The van der Waals surface area contributed by atoms with Crippen LogP contribution in [0.4, 0.5) is 0 Å². The molecule has 2 fully saturated rings. The normalized spacial score (nSPS) is 48.5. The Hall–Kier alpha value is 0. The Morgan fingerprint density at radius 1 is 1.00 bits per heavy atom. The predicted molar refractivity (Wildman–Crippen MR) is 50.5 cm³/mol. The van der Waals surface area contributed by atoms with Crippen LogP contribution in [-0.4, -0.2) is 0 Å². The van der Waals surface area contributed by atoms with E-state index in [9.17, 15) is 0 Å². The van der Waals surface area contributed by atoms with Crippen LogP contribution in [0.5, 0.6) is 0 Å². The maximum Gasteiger partial charge on any atom is -0.0357 e. The molecular formula is C11H22. The minimum absolute atomic E-state index is 0. The van der Waals surface area contributed by atoms with E-state index in [1.165, 1.54) is 25.7 Å². The second-order valence-electron chi connectivity index (χ2n) is 4.56. The third kappa shape index (κ3) is 1.45. The van der Waals surface area contributed by atoms with Crippen molar-refractivity contribution in [1.29, 1.82) is 0 Å². The van der Waals surface area contributed by atoms with Gasteiger partial charge in [-0.2, -0.15) is 0 Å². The molecule has 11 heavy (non-hydrogen) atoms. The lowest BCUT2D eigenvalue weighted by atomic mass is 9.93. The van der Waals surface area contributed by atoms with Crippen LogP contribution in [0, 0.1) is 23.7 Å². The molecule has 0 N–H and O–H groups in total. The molecule has 66 valence electrons. The van der Waals surface area contributed by atoms with Gasteiger partial charge in [0.2, 0.25) is 0 Å². The highest BCUT2D eigenvalue weighted by Gasteiger charge is 2.39. The highest BCUT2D eigenvalue weighted by Crippen LogP contribution is 2.49. The lowest BCUT2D eigenvalue weighted by molar-refractivity contribution is 0.371. The molecule has 2 saturated carbocycles. The zero-order chi connectivity index (χ0) is 7.14. The van der Waals surface area contributed by atoms with Crippen molar-refractivity contribution in [2.75, 3.05) is 0 Å². The van der Waals surface area contributed by atoms with Crippen LogP contribution in [0.25, 0.3) is 0 Å². The quantitative estimate of drug-likeness (QED) is 0.499. The van der Waals surface area contributed by atoms with Gasteiger partial charge in [0.25, 0.3) is 0 Å². The fraction of sp³-hybridized carbons (Fsp3) is 1.00. The molecule has 2 aliphatic rings. The summed E-state index contributed by atoms with van der Waals surface area (Å²) in [5.41, 5.74) is 0. The molecule has 0 bridgehead atoms. The molecule has 0 heterocycles. The molecule has 0 radical (unpaired) electrons. The van der Waals surface area contributed by atoms with Crippen molar-refractivity contribution in [1.82, 2.24) is 0 Å².